The van der Waals surface area contributed by atoms with Gasteiger partial charge in [-0.2, -0.15) is 0 Å². The topological polar surface area (TPSA) is 52.8 Å². The van der Waals surface area contributed by atoms with Crippen molar-refractivity contribution < 1.29 is 10.2 Å². The van der Waals surface area contributed by atoms with Crippen molar-refractivity contribution in [3.63, 3.8) is 0 Å². The number of aromatic hydroxyl groups is 1. The normalized spacial score (nSPS) is 19.7. The molecule has 1 aromatic carbocycles. The summed E-state index contributed by atoms with van der Waals surface area (Å²) in [6.45, 7) is 7.97. The third-order valence-corrected chi connectivity index (χ3v) is 3.96. The van der Waals surface area contributed by atoms with E-state index in [4.69, 9.17) is 0 Å². The minimum atomic E-state index is -0.701. The fraction of sp³-hybridized carbons (Fsp3) is 0.368. The number of aliphatic hydroxyl groups excluding tert-OH is 1. The van der Waals surface area contributed by atoms with E-state index in [-0.39, 0.29) is 17.8 Å². The number of phenolic OH excluding ortho intramolecular Hbond substituents is 1. The molecule has 2 N–H and O–H groups in total. The van der Waals surface area contributed by atoms with E-state index < -0.39 is 5.54 Å². The zero-order valence-corrected chi connectivity index (χ0v) is 13.7. The summed E-state index contributed by atoms with van der Waals surface area (Å²) in [5, 5.41) is 20.2. The van der Waals surface area contributed by atoms with Gasteiger partial charge in [-0.25, -0.2) is 0 Å². The van der Waals surface area contributed by atoms with Crippen molar-refractivity contribution in [2.24, 2.45) is 4.99 Å². The molecule has 0 saturated heterocycles. The molecule has 22 heavy (non-hydrogen) atoms. The highest BCUT2D eigenvalue weighted by molar-refractivity contribution is 5.85. The summed E-state index contributed by atoms with van der Waals surface area (Å²) in [4.78, 5) is 4.54. The van der Waals surface area contributed by atoms with Crippen LogP contribution in [0.15, 0.2) is 23.2 Å². The number of aliphatic hydroxyl groups is 1. The maximum atomic E-state index is 10.5. The third-order valence-electron chi connectivity index (χ3n) is 3.96. The molecule has 1 atom stereocenters. The summed E-state index contributed by atoms with van der Waals surface area (Å²) in [6, 6.07) is 5.67. The molecule has 1 aliphatic carbocycles. The molecule has 1 saturated carbocycles. The second-order valence-electron chi connectivity index (χ2n) is 6.86. The highest BCUT2D eigenvalue weighted by atomic mass is 16.3. The quantitative estimate of drug-likeness (QED) is 0.838. The van der Waals surface area contributed by atoms with Crippen LogP contribution in [0.2, 0.25) is 0 Å². The van der Waals surface area contributed by atoms with Crippen LogP contribution in [0.5, 0.6) is 5.75 Å². The SMILES string of the molecule is CC(C)(C)c1cccc(C=N[C@@](C)(CO)[C]2[CH][CH][CH][CH]2)c1O. The fourth-order valence-electron chi connectivity index (χ4n) is 2.42. The Kier molecular flexibility index (Phi) is 4.96. The fourth-order valence-corrected chi connectivity index (χ4v) is 2.42. The van der Waals surface area contributed by atoms with Crippen molar-refractivity contribution >= 4 is 6.21 Å². The lowest BCUT2D eigenvalue weighted by Crippen LogP contribution is -2.34. The summed E-state index contributed by atoms with van der Waals surface area (Å²) in [6.07, 6.45) is 9.39. The second kappa shape index (κ2) is 6.41. The van der Waals surface area contributed by atoms with Crippen LogP contribution in [0.25, 0.3) is 0 Å². The van der Waals surface area contributed by atoms with Gasteiger partial charge >= 0.3 is 0 Å². The largest absolute Gasteiger partial charge is 0.507 e. The standard InChI is InChI=1S/C19H24NO2/c1-18(2,3)16-11-7-8-14(17(16)22)12-20-19(4,13-21)15-9-5-6-10-15/h5-12,21-22H,13H2,1-4H3/t19-/m0/s1. The lowest BCUT2D eigenvalue weighted by atomic mass is 9.84. The Morgan fingerprint density at radius 2 is 1.73 bits per heavy atom. The molecule has 0 aromatic heterocycles. The lowest BCUT2D eigenvalue weighted by molar-refractivity contribution is 0.224. The van der Waals surface area contributed by atoms with Crippen LogP contribution in [-0.2, 0) is 5.41 Å². The molecule has 5 radical (unpaired) electrons. The summed E-state index contributed by atoms with van der Waals surface area (Å²) in [5.74, 6) is 1.21. The Balaban J connectivity index is 2.29. The molecule has 0 unspecified atom stereocenters. The molecule has 0 bridgehead atoms. The number of rotatable bonds is 4. The Morgan fingerprint density at radius 1 is 1.09 bits per heavy atom. The first-order chi connectivity index (χ1) is 10.3. The average Bonchev–Trinajstić information content (AvgIpc) is 2.99. The Morgan fingerprint density at radius 3 is 2.27 bits per heavy atom. The Bertz CT molecular complexity index is 539. The molecule has 1 aromatic rings. The monoisotopic (exact) mass is 298 g/mol. The number of nitrogens with zero attached hydrogens (tertiary/aromatic N) is 1. The van der Waals surface area contributed by atoms with E-state index in [1.165, 1.54) is 0 Å². The summed E-state index contributed by atoms with van der Waals surface area (Å²) < 4.78 is 0. The molecule has 3 nitrogen and oxygen atoms in total. The molecule has 0 heterocycles. The van der Waals surface area contributed by atoms with Crippen molar-refractivity contribution in [3.05, 3.63) is 60.9 Å². The van der Waals surface area contributed by atoms with E-state index in [0.29, 0.717) is 5.56 Å². The van der Waals surface area contributed by atoms with Gasteiger partial charge in [-0.15, -0.1) is 0 Å². The van der Waals surface area contributed by atoms with Gasteiger partial charge in [0.15, 0.2) is 0 Å². The number of phenols is 1. The van der Waals surface area contributed by atoms with Gasteiger partial charge in [-0.1, -0.05) is 32.9 Å². The van der Waals surface area contributed by atoms with Crippen LogP contribution in [0, 0.1) is 31.6 Å². The maximum Gasteiger partial charge on any atom is 0.128 e. The molecular weight excluding hydrogens is 274 g/mol. The molecule has 1 aliphatic rings. The highest BCUT2D eigenvalue weighted by Crippen LogP contribution is 2.36. The van der Waals surface area contributed by atoms with Crippen molar-refractivity contribution in [1.29, 1.82) is 0 Å². The predicted octanol–water partition coefficient (Wildman–Crippen LogP) is 3.26. The van der Waals surface area contributed by atoms with Crippen LogP contribution in [-0.4, -0.2) is 28.6 Å². The molecule has 117 valence electrons. The Hall–Kier alpha value is -1.35. The van der Waals surface area contributed by atoms with Crippen LogP contribution >= 0.6 is 0 Å². The van der Waals surface area contributed by atoms with Crippen molar-refractivity contribution in [1.82, 2.24) is 0 Å². The molecular formula is C19H24NO2. The summed E-state index contributed by atoms with van der Waals surface area (Å²) >= 11 is 0. The number of benzene rings is 1. The first-order valence-electron chi connectivity index (χ1n) is 7.49. The lowest BCUT2D eigenvalue weighted by Gasteiger charge is -2.28. The number of hydrogen-bond donors (Lipinski definition) is 2. The van der Waals surface area contributed by atoms with Gasteiger partial charge < -0.3 is 10.2 Å². The van der Waals surface area contributed by atoms with E-state index in [1.54, 1.807) is 6.21 Å². The predicted molar refractivity (Wildman–Crippen MR) is 90.3 cm³/mol. The zero-order chi connectivity index (χ0) is 16.4. The third kappa shape index (κ3) is 3.52. The smallest absolute Gasteiger partial charge is 0.128 e. The number of hydrogen-bond acceptors (Lipinski definition) is 3. The van der Waals surface area contributed by atoms with E-state index in [9.17, 15) is 10.2 Å². The molecule has 0 amide bonds. The molecule has 3 heteroatoms. The molecule has 0 aliphatic heterocycles. The van der Waals surface area contributed by atoms with Crippen LogP contribution in [0.1, 0.15) is 38.8 Å². The van der Waals surface area contributed by atoms with Gasteiger partial charge in [0.2, 0.25) is 0 Å². The van der Waals surface area contributed by atoms with Crippen molar-refractivity contribution in [2.75, 3.05) is 6.61 Å². The van der Waals surface area contributed by atoms with Gasteiger partial charge in [-0.3, -0.25) is 4.99 Å². The van der Waals surface area contributed by atoms with E-state index in [2.05, 4.69) is 25.8 Å². The number of para-hydroxylation sites is 1. The van der Waals surface area contributed by atoms with Crippen LogP contribution in [0.4, 0.5) is 0 Å². The molecule has 1 fully saturated rings. The van der Waals surface area contributed by atoms with E-state index in [0.717, 1.165) is 11.5 Å². The van der Waals surface area contributed by atoms with E-state index in [1.807, 2.05) is 50.8 Å². The van der Waals surface area contributed by atoms with Gasteiger partial charge in [0.05, 0.1) is 12.1 Å². The van der Waals surface area contributed by atoms with Crippen LogP contribution in [0.3, 0.4) is 0 Å². The highest BCUT2D eigenvalue weighted by Gasteiger charge is 2.36. The van der Waals surface area contributed by atoms with Gasteiger partial charge in [0.25, 0.3) is 0 Å². The Labute approximate surface area is 134 Å². The molecule has 2 rings (SSSR count). The minimum absolute atomic E-state index is 0.0900. The first kappa shape index (κ1) is 17.0. The second-order valence-corrected chi connectivity index (χ2v) is 6.86. The van der Waals surface area contributed by atoms with Crippen LogP contribution < -0.4 is 0 Å². The molecule has 0 spiro atoms. The number of aliphatic imine (C=N–C) groups is 1. The minimum Gasteiger partial charge on any atom is -0.507 e. The summed E-state index contributed by atoms with van der Waals surface area (Å²) in [5.41, 5.74) is 0.710. The van der Waals surface area contributed by atoms with Gasteiger partial charge in [0.1, 0.15) is 5.75 Å². The van der Waals surface area contributed by atoms with Crippen molar-refractivity contribution in [2.45, 2.75) is 38.6 Å². The van der Waals surface area contributed by atoms with Crippen molar-refractivity contribution in [3.8, 4) is 5.75 Å². The average molecular weight is 298 g/mol. The van der Waals surface area contributed by atoms with Gasteiger partial charge in [-0.05, 0) is 49.7 Å². The zero-order valence-electron chi connectivity index (χ0n) is 13.7. The first-order valence-corrected chi connectivity index (χ1v) is 7.49. The summed E-state index contributed by atoms with van der Waals surface area (Å²) in [7, 11) is 0. The van der Waals surface area contributed by atoms with Gasteiger partial charge in [0, 0.05) is 17.7 Å². The maximum absolute atomic E-state index is 10.5. The van der Waals surface area contributed by atoms with E-state index >= 15 is 0 Å².